The quantitative estimate of drug-likeness (QED) is 0.0406. The SMILES string of the molecule is CCc1cc(C(=O)O)c(=O)[nH]c1-c1ccc(N2CC(N)C2)cc1.CCc1cc(C(=O)O)c(=O)[nH]c1-c1ccc(N2CC(NC(=O)N(C)CC(=O)O)C2)cc1.CCc1cc(C(=O)O)c(=O)[nH]c1-c1ccc(N2CC(n3nnc(C)n3)C2)cc1.CCc1cc(C(=O)O)c(=O)[nH]c1-c1ccc(N2CC3CC3(N)C2)cc1. The summed E-state index contributed by atoms with van der Waals surface area (Å²) in [6.45, 7) is 15.5. The van der Waals surface area contributed by atoms with Crippen LogP contribution in [0.3, 0.4) is 0 Å². The number of aliphatic carboxylic acids is 1. The number of likely N-dealkylation sites (N-methyl/N-ethyl adjacent to an activating group) is 1. The van der Waals surface area contributed by atoms with E-state index in [1.807, 2.05) is 132 Å². The van der Waals surface area contributed by atoms with Crippen LogP contribution >= 0.6 is 0 Å². The lowest BCUT2D eigenvalue weighted by Gasteiger charge is -2.41. The number of fused-ring (bicyclic) bond motifs is 1. The van der Waals surface area contributed by atoms with Crippen molar-refractivity contribution in [1.29, 1.82) is 0 Å². The molecule has 0 spiro atoms. The van der Waals surface area contributed by atoms with E-state index in [1.165, 1.54) is 31.3 Å². The van der Waals surface area contributed by atoms with Crippen LogP contribution in [0.4, 0.5) is 27.5 Å². The van der Waals surface area contributed by atoms with Crippen LogP contribution < -0.4 is 58.6 Å². The normalized spacial score (nSPS) is 16.4. The zero-order valence-corrected chi connectivity index (χ0v) is 59.8. The van der Waals surface area contributed by atoms with E-state index in [1.54, 1.807) is 4.80 Å². The fourth-order valence-electron chi connectivity index (χ4n) is 13.5. The van der Waals surface area contributed by atoms with Gasteiger partial charge < -0.3 is 86.8 Å². The summed E-state index contributed by atoms with van der Waals surface area (Å²) in [6.07, 6.45) is 3.58. The van der Waals surface area contributed by atoms with Gasteiger partial charge in [0.05, 0.1) is 28.8 Å². The molecule has 9 heterocycles. The van der Waals surface area contributed by atoms with Gasteiger partial charge in [-0.25, -0.2) is 24.0 Å². The zero-order chi connectivity index (χ0) is 76.9. The van der Waals surface area contributed by atoms with Crippen molar-refractivity contribution in [2.24, 2.45) is 17.4 Å². The van der Waals surface area contributed by atoms with E-state index in [0.717, 1.165) is 118 Å². The molecule has 107 heavy (non-hydrogen) atoms. The fraction of sp³-hybridized carbons (Fsp3) is 0.329. The summed E-state index contributed by atoms with van der Waals surface area (Å²) >= 11 is 0. The number of aryl methyl sites for hydroxylation is 5. The maximum Gasteiger partial charge on any atom is 0.341 e. The van der Waals surface area contributed by atoms with Gasteiger partial charge in [0.15, 0.2) is 5.82 Å². The number of nitrogens with zero attached hydrogens (tertiary/aromatic N) is 9. The Labute approximate surface area is 612 Å². The number of hydrogen-bond donors (Lipinski definition) is 12. The van der Waals surface area contributed by atoms with Crippen LogP contribution in [0.15, 0.2) is 141 Å². The second kappa shape index (κ2) is 31.8. The van der Waals surface area contributed by atoms with Crippen molar-refractivity contribution in [3.05, 3.63) is 213 Å². The number of anilines is 4. The minimum Gasteiger partial charge on any atom is -0.480 e. The minimum atomic E-state index is -1.26. The number of carboxylic acid groups (broad SMARTS) is 5. The van der Waals surface area contributed by atoms with Gasteiger partial charge in [0.25, 0.3) is 22.2 Å². The predicted molar refractivity (Wildman–Crippen MR) is 401 cm³/mol. The number of H-pyrrole nitrogens is 4. The number of hydrogen-bond acceptors (Lipinski definition) is 19. The third kappa shape index (κ3) is 17.0. The smallest absolute Gasteiger partial charge is 0.341 e. The minimum absolute atomic E-state index is 0.00590. The van der Waals surface area contributed by atoms with Crippen molar-refractivity contribution in [2.75, 3.05) is 85.6 Å². The first-order valence-corrected chi connectivity index (χ1v) is 35.0. The summed E-state index contributed by atoms with van der Waals surface area (Å²) in [5.41, 5.74) is 22.1. The summed E-state index contributed by atoms with van der Waals surface area (Å²) in [4.78, 5) is 138. The Hall–Kier alpha value is -12.5. The van der Waals surface area contributed by atoms with Crippen LogP contribution in [0, 0.1) is 12.8 Å². The Bertz CT molecular complexity index is 5090. The molecule has 2 amide bonds. The highest BCUT2D eigenvalue weighted by Crippen LogP contribution is 2.48. The molecule has 31 heteroatoms. The molecular weight excluding hydrogens is 1380 g/mol. The van der Waals surface area contributed by atoms with Crippen LogP contribution in [-0.2, 0) is 30.5 Å². The van der Waals surface area contributed by atoms with Gasteiger partial charge in [-0.3, -0.25) is 24.0 Å². The molecule has 14 rings (SSSR count). The number of carbonyl (C=O) groups excluding carboxylic acids is 1. The molecule has 31 nitrogen and oxygen atoms in total. The Kier molecular flexibility index (Phi) is 22.5. The van der Waals surface area contributed by atoms with E-state index < -0.39 is 58.1 Å². The maximum atomic E-state index is 12.1. The lowest BCUT2D eigenvalue weighted by molar-refractivity contribution is -0.137. The van der Waals surface area contributed by atoms with Crippen LogP contribution in [0.2, 0.25) is 0 Å². The first-order valence-electron chi connectivity index (χ1n) is 35.0. The van der Waals surface area contributed by atoms with Gasteiger partial charge in [0, 0.05) is 93.7 Å². The van der Waals surface area contributed by atoms with Crippen molar-refractivity contribution in [1.82, 2.24) is 50.4 Å². The van der Waals surface area contributed by atoms with Gasteiger partial charge in [-0.1, -0.05) is 76.2 Å². The van der Waals surface area contributed by atoms with Crippen LogP contribution in [0.25, 0.3) is 45.0 Å². The van der Waals surface area contributed by atoms with Gasteiger partial charge >= 0.3 is 35.9 Å². The van der Waals surface area contributed by atoms with Crippen molar-refractivity contribution >= 4 is 58.6 Å². The number of aromatic amines is 4. The third-order valence-electron chi connectivity index (χ3n) is 19.8. The number of piperidine rings is 1. The van der Waals surface area contributed by atoms with Crippen LogP contribution in [0.5, 0.6) is 0 Å². The van der Waals surface area contributed by atoms with Crippen molar-refractivity contribution in [2.45, 2.75) is 90.4 Å². The molecule has 2 atom stereocenters. The highest BCUT2D eigenvalue weighted by Gasteiger charge is 2.57. The number of aromatic carboxylic acids is 4. The molecule has 5 aliphatic rings. The molecule has 5 fully saturated rings. The van der Waals surface area contributed by atoms with Crippen molar-refractivity contribution < 1.29 is 54.3 Å². The van der Waals surface area contributed by atoms with Gasteiger partial charge in [-0.05, 0) is 167 Å². The van der Waals surface area contributed by atoms with Crippen LogP contribution in [0.1, 0.15) is 110 Å². The Balaban J connectivity index is 0.000000143. The molecule has 9 aromatic rings. The van der Waals surface area contributed by atoms with E-state index in [0.29, 0.717) is 73.3 Å². The Morgan fingerprint density at radius 2 is 0.832 bits per heavy atom. The summed E-state index contributed by atoms with van der Waals surface area (Å²) in [5, 5.41) is 60.2. The van der Waals surface area contributed by atoms with Crippen LogP contribution in [-0.4, -0.2) is 190 Å². The standard InChI is InChI=1S/C21H24N4O6.C19H20N6O3.C19H21N3O3.C17H19N3O3/c1-3-12-8-16(20(29)30)19(28)23-18(12)13-4-6-15(7-5-13)25-9-14(10-25)22-21(31)24(2)11-17(26)27;1-3-12-8-16(19(27)28)18(26)20-17(12)13-4-6-14(7-5-13)24-9-15(10-24)25-22-11(2)21-23-25;1-2-11-7-15(18(24)25)17(23)21-16(11)12-3-5-14(6-4-12)22-9-13-8-19(13,20)10-22;1-2-10-7-14(17(22)23)16(21)19-15(10)11-3-5-13(6-4-11)20-8-12(18)9-20/h4-8,14H,3,9-11H2,1-2H3,(H,22,31)(H,23,28)(H,26,27)(H,29,30);4-8,15H,3,9-10H2,1-2H3,(H,20,26)(H,27,28);3-7,13H,2,8-10,20H2,1H3,(H,21,23)(H,24,25);3-7,12H,2,8-9,18H2,1H3,(H,19,21)(H,22,23). The van der Waals surface area contributed by atoms with E-state index in [9.17, 15) is 47.9 Å². The summed E-state index contributed by atoms with van der Waals surface area (Å²) in [7, 11) is 1.43. The number of rotatable bonds is 20. The van der Waals surface area contributed by atoms with Crippen molar-refractivity contribution in [3.8, 4) is 45.0 Å². The molecular formula is C76H84N16O15. The Morgan fingerprint density at radius 3 is 1.11 bits per heavy atom. The largest absolute Gasteiger partial charge is 0.480 e. The molecule has 4 aromatic carbocycles. The number of carbonyl (C=O) groups is 6. The molecule has 14 N–H and O–H groups in total. The lowest BCUT2D eigenvalue weighted by atomic mass is 10.0. The average Bonchev–Trinajstić information content (AvgIpc) is 1.57. The fourth-order valence-corrected chi connectivity index (χ4v) is 13.5. The topological polar surface area (TPSA) is 459 Å². The second-order valence-corrected chi connectivity index (χ2v) is 27.2. The highest BCUT2D eigenvalue weighted by molar-refractivity contribution is 5.90. The third-order valence-corrected chi connectivity index (χ3v) is 19.8. The first-order chi connectivity index (χ1) is 51.0. The zero-order valence-electron chi connectivity index (χ0n) is 59.8. The average molecular weight is 1460 g/mol. The monoisotopic (exact) mass is 1460 g/mol. The van der Waals surface area contributed by atoms with Crippen molar-refractivity contribution in [3.63, 3.8) is 0 Å². The van der Waals surface area contributed by atoms with Gasteiger partial charge in [-0.15, -0.1) is 10.2 Å². The molecule has 2 unspecified atom stereocenters. The molecule has 4 saturated heterocycles. The number of benzene rings is 4. The number of amides is 2. The molecule has 1 aliphatic carbocycles. The van der Waals surface area contributed by atoms with Gasteiger partial charge in [0.2, 0.25) is 0 Å². The summed E-state index contributed by atoms with van der Waals surface area (Å²) < 4.78 is 0. The Morgan fingerprint density at radius 1 is 0.505 bits per heavy atom. The second-order valence-electron chi connectivity index (χ2n) is 27.2. The maximum absolute atomic E-state index is 12.1. The van der Waals surface area contributed by atoms with E-state index >= 15 is 0 Å². The number of pyridine rings is 4. The number of aromatic nitrogens is 8. The molecule has 4 aliphatic heterocycles. The summed E-state index contributed by atoms with van der Waals surface area (Å²) in [5.74, 6) is -4.69. The number of urea groups is 1. The van der Waals surface area contributed by atoms with Gasteiger partial charge in [0.1, 0.15) is 34.8 Å². The van der Waals surface area contributed by atoms with E-state index in [2.05, 4.69) is 60.3 Å². The molecule has 0 radical (unpaired) electrons. The molecule has 0 bridgehead atoms. The lowest BCUT2D eigenvalue weighted by Crippen LogP contribution is -2.61. The highest BCUT2D eigenvalue weighted by atomic mass is 16.4. The van der Waals surface area contributed by atoms with Gasteiger partial charge in [-0.2, -0.15) is 4.80 Å². The molecule has 1 saturated carbocycles. The number of carboxylic acids is 5. The predicted octanol–water partition coefficient (Wildman–Crippen LogP) is 6.17. The molecule has 558 valence electrons. The van der Waals surface area contributed by atoms with E-state index in [4.69, 9.17) is 37.0 Å². The number of tetrazole rings is 1. The number of nitrogens with one attached hydrogen (secondary N) is 5. The summed E-state index contributed by atoms with van der Waals surface area (Å²) in [6, 6.07) is 37.0. The first kappa shape index (κ1) is 75.6. The number of nitrogens with two attached hydrogens (primary N) is 2. The van der Waals surface area contributed by atoms with E-state index in [-0.39, 0.29) is 52.5 Å². The molecule has 5 aromatic heterocycles.